The minimum atomic E-state index is -0.264. The summed E-state index contributed by atoms with van der Waals surface area (Å²) in [6.07, 6.45) is 4.63. The number of carbonyl (C=O) groups excluding carboxylic acids is 1. The molecule has 140 valence electrons. The normalized spacial score (nSPS) is 19.2. The van der Waals surface area contributed by atoms with Crippen molar-refractivity contribution in [2.24, 2.45) is 0 Å². The van der Waals surface area contributed by atoms with Crippen molar-refractivity contribution in [2.45, 2.75) is 37.7 Å². The Hall–Kier alpha value is -2.10. The predicted octanol–water partition coefficient (Wildman–Crippen LogP) is 3.12. The second kappa shape index (κ2) is 9.56. The summed E-state index contributed by atoms with van der Waals surface area (Å²) in [7, 11) is 3.87. The molecule has 0 radical (unpaired) electrons. The fraction of sp³-hybridized carbons (Fsp3) is 0.350. The second-order valence-corrected chi connectivity index (χ2v) is 6.91. The zero-order valence-electron chi connectivity index (χ0n) is 14.8. The Labute approximate surface area is 155 Å². The van der Waals surface area contributed by atoms with Crippen molar-refractivity contribution in [3.05, 3.63) is 47.5 Å². The van der Waals surface area contributed by atoms with Crippen LogP contribution in [0, 0.1) is 0 Å². The van der Waals surface area contributed by atoms with Crippen molar-refractivity contribution >= 4 is 20.8 Å². The highest BCUT2D eigenvalue weighted by Gasteiger charge is 2.20. The van der Waals surface area contributed by atoms with Crippen LogP contribution in [0.2, 0.25) is 0 Å². The first-order valence-electron chi connectivity index (χ1n) is 8.53. The van der Waals surface area contributed by atoms with Crippen LogP contribution in [0.5, 0.6) is 17.2 Å². The van der Waals surface area contributed by atoms with Crippen molar-refractivity contribution in [1.29, 1.82) is 0 Å². The summed E-state index contributed by atoms with van der Waals surface area (Å²) in [6.45, 7) is 0. The highest BCUT2D eigenvalue weighted by atomic mass is 31.0. The number of aliphatic hydroxyl groups excluding tert-OH is 1. The lowest BCUT2D eigenvalue weighted by Crippen LogP contribution is -2.16. The fourth-order valence-corrected chi connectivity index (χ4v) is 3.31. The molecule has 0 bridgehead atoms. The molecule has 0 saturated heterocycles. The topological polar surface area (TPSA) is 87.0 Å². The third kappa shape index (κ3) is 5.20. The molecule has 0 amide bonds. The van der Waals surface area contributed by atoms with Gasteiger partial charge in [-0.3, -0.25) is 4.79 Å². The highest BCUT2D eigenvalue weighted by Crippen LogP contribution is 2.33. The first-order valence-corrected chi connectivity index (χ1v) is 9.11. The number of methoxy groups -OCH3 is 1. The molecule has 1 aliphatic carbocycles. The van der Waals surface area contributed by atoms with Crippen molar-refractivity contribution in [3.8, 4) is 17.2 Å². The van der Waals surface area contributed by atoms with E-state index in [0.717, 1.165) is 31.4 Å². The van der Waals surface area contributed by atoms with E-state index in [1.807, 2.05) is 12.1 Å². The van der Waals surface area contributed by atoms with E-state index in [-0.39, 0.29) is 17.6 Å². The lowest BCUT2D eigenvalue weighted by molar-refractivity contribution is 0.112. The minimum Gasteiger partial charge on any atom is -0.504 e. The van der Waals surface area contributed by atoms with E-state index in [2.05, 4.69) is 21.4 Å². The molecule has 1 fully saturated rings. The molecule has 2 aromatic rings. The van der Waals surface area contributed by atoms with Crippen LogP contribution in [-0.2, 0) is 0 Å². The summed E-state index contributed by atoms with van der Waals surface area (Å²) in [5, 5.41) is 27.8. The van der Waals surface area contributed by atoms with E-state index in [9.17, 15) is 9.90 Å². The van der Waals surface area contributed by atoms with Crippen LogP contribution in [0.15, 0.2) is 36.4 Å². The molecule has 1 atom stereocenters. The van der Waals surface area contributed by atoms with Gasteiger partial charge in [-0.15, -0.1) is 9.24 Å². The summed E-state index contributed by atoms with van der Waals surface area (Å²) >= 11 is 0. The number of aromatic hydroxyl groups is 2. The largest absolute Gasteiger partial charge is 0.504 e. The minimum absolute atomic E-state index is 0.0699. The van der Waals surface area contributed by atoms with Gasteiger partial charge in [0.15, 0.2) is 17.8 Å². The van der Waals surface area contributed by atoms with Crippen molar-refractivity contribution in [3.63, 3.8) is 0 Å². The maximum absolute atomic E-state index is 10.3. The Morgan fingerprint density at radius 2 is 1.65 bits per heavy atom. The first kappa shape index (κ1) is 20.2. The number of aldehydes is 1. The summed E-state index contributed by atoms with van der Waals surface area (Å²) in [6, 6.07) is 11.0. The van der Waals surface area contributed by atoms with Crippen LogP contribution in [0.25, 0.3) is 0 Å². The van der Waals surface area contributed by atoms with Gasteiger partial charge in [-0.25, -0.2) is 0 Å². The third-order valence-electron chi connectivity index (χ3n) is 4.64. The zero-order chi connectivity index (χ0) is 19.1. The summed E-state index contributed by atoms with van der Waals surface area (Å²) in [5.41, 5.74) is 1.73. The zero-order valence-corrected chi connectivity index (χ0v) is 15.9. The Balaban J connectivity index is 0.000000197. The van der Waals surface area contributed by atoms with Gasteiger partial charge in [0.2, 0.25) is 0 Å². The molecule has 0 spiro atoms. The number of phenols is 2. The molecule has 0 aliphatic heterocycles. The molecule has 3 N–H and O–H groups in total. The third-order valence-corrected chi connectivity index (χ3v) is 5.25. The van der Waals surface area contributed by atoms with E-state index in [4.69, 9.17) is 14.9 Å². The highest BCUT2D eigenvalue weighted by molar-refractivity contribution is 7.28. The van der Waals surface area contributed by atoms with Gasteiger partial charge in [-0.1, -0.05) is 12.1 Å². The standard InChI is InChI=1S/C13H18O2.C7H7O3P/c1-15-13-8-4-11(5-9-13)10-2-6-12(14)7-3-10;8-3-4-1-2-5(9)6(10)7(4)11/h4-5,8-10,12,14H,2-3,6-7H2,1H3;1-3,9-10H,11H2. The Kier molecular flexibility index (Phi) is 7.43. The van der Waals surface area contributed by atoms with Crippen LogP contribution in [0.1, 0.15) is 47.5 Å². The Bertz CT molecular complexity index is 722. The van der Waals surface area contributed by atoms with Crippen LogP contribution in [-0.4, -0.2) is 34.8 Å². The van der Waals surface area contributed by atoms with Crippen molar-refractivity contribution in [2.75, 3.05) is 7.11 Å². The number of ether oxygens (including phenoxy) is 1. The molecule has 26 heavy (non-hydrogen) atoms. The van der Waals surface area contributed by atoms with Gasteiger partial charge in [-0.2, -0.15) is 0 Å². The number of hydrogen-bond donors (Lipinski definition) is 3. The number of rotatable bonds is 3. The molecular formula is C20H25O5P. The molecule has 3 rings (SSSR count). The van der Waals surface area contributed by atoms with Gasteiger partial charge in [0.05, 0.1) is 13.2 Å². The maximum Gasteiger partial charge on any atom is 0.165 e. The summed E-state index contributed by atoms with van der Waals surface area (Å²) in [5.74, 6) is 1.05. The number of aliphatic hydroxyl groups is 1. The van der Waals surface area contributed by atoms with Gasteiger partial charge < -0.3 is 20.1 Å². The molecule has 0 aromatic heterocycles. The lowest BCUT2D eigenvalue weighted by atomic mass is 9.83. The van der Waals surface area contributed by atoms with Crippen molar-refractivity contribution in [1.82, 2.24) is 0 Å². The Morgan fingerprint density at radius 3 is 2.19 bits per heavy atom. The van der Waals surface area contributed by atoms with Gasteiger partial charge >= 0.3 is 0 Å². The monoisotopic (exact) mass is 376 g/mol. The molecule has 0 heterocycles. The molecule has 2 aromatic carbocycles. The van der Waals surface area contributed by atoms with E-state index in [1.165, 1.54) is 17.7 Å². The molecule has 5 nitrogen and oxygen atoms in total. The molecule has 1 unspecified atom stereocenters. The number of carbonyl (C=O) groups is 1. The lowest BCUT2D eigenvalue weighted by Gasteiger charge is -2.25. The van der Waals surface area contributed by atoms with Gasteiger partial charge in [0.1, 0.15) is 5.75 Å². The fourth-order valence-electron chi connectivity index (χ4n) is 3.00. The average Bonchev–Trinajstić information content (AvgIpc) is 2.68. The first-order chi connectivity index (χ1) is 12.5. The summed E-state index contributed by atoms with van der Waals surface area (Å²) in [4.78, 5) is 10.3. The molecule has 1 saturated carbocycles. The second-order valence-electron chi connectivity index (χ2n) is 6.33. The van der Waals surface area contributed by atoms with Gasteiger partial charge in [0.25, 0.3) is 0 Å². The molecule has 1 aliphatic rings. The van der Waals surface area contributed by atoms with Gasteiger partial charge in [0, 0.05) is 10.9 Å². The number of hydrogen-bond acceptors (Lipinski definition) is 5. The average molecular weight is 376 g/mol. The molecule has 6 heteroatoms. The molecular weight excluding hydrogens is 351 g/mol. The smallest absolute Gasteiger partial charge is 0.165 e. The Morgan fingerprint density at radius 1 is 1.04 bits per heavy atom. The van der Waals surface area contributed by atoms with E-state index in [1.54, 1.807) is 7.11 Å². The van der Waals surface area contributed by atoms with Crippen LogP contribution in [0.4, 0.5) is 0 Å². The number of phenolic OH excluding ortho intramolecular Hbond substituents is 2. The van der Waals surface area contributed by atoms with Crippen LogP contribution in [0.3, 0.4) is 0 Å². The summed E-state index contributed by atoms with van der Waals surface area (Å²) < 4.78 is 5.13. The van der Waals surface area contributed by atoms with Crippen LogP contribution < -0.4 is 10.0 Å². The van der Waals surface area contributed by atoms with Gasteiger partial charge in [-0.05, 0) is 61.4 Å². The predicted molar refractivity (Wildman–Crippen MR) is 105 cm³/mol. The van der Waals surface area contributed by atoms with E-state index >= 15 is 0 Å². The van der Waals surface area contributed by atoms with E-state index < -0.39 is 0 Å². The maximum atomic E-state index is 10.3. The SMILES string of the molecule is COc1ccc(C2CCC(O)CC2)cc1.O=Cc1ccc(O)c(O)c1P. The van der Waals surface area contributed by atoms with Crippen molar-refractivity contribution < 1.29 is 24.9 Å². The van der Waals surface area contributed by atoms with E-state index in [0.29, 0.717) is 23.1 Å². The number of benzene rings is 2. The quantitative estimate of drug-likeness (QED) is 0.435. The van der Waals surface area contributed by atoms with Crippen LogP contribution >= 0.6 is 9.24 Å².